The van der Waals surface area contributed by atoms with Crippen molar-refractivity contribution in [2.75, 3.05) is 12.8 Å². The van der Waals surface area contributed by atoms with E-state index in [0.29, 0.717) is 0 Å². The zero-order valence-electron chi connectivity index (χ0n) is 8.72. The largest absolute Gasteiger partial charge is 0.338 e. The average molecular weight is 222 g/mol. The molecule has 1 atom stereocenters. The van der Waals surface area contributed by atoms with Crippen molar-refractivity contribution in [3.05, 3.63) is 23.9 Å². The highest BCUT2D eigenvalue weighted by Gasteiger charge is 2.26. The lowest BCUT2D eigenvalue weighted by atomic mass is 10.1. The van der Waals surface area contributed by atoms with Gasteiger partial charge in [0.05, 0.1) is 6.04 Å². The second-order valence-corrected chi connectivity index (χ2v) is 4.40. The number of carbonyl (C=O) groups excluding carboxylic acids is 1. The molecule has 80 valence electrons. The second-order valence-electron chi connectivity index (χ2n) is 3.60. The molecule has 0 aromatic carbocycles. The van der Waals surface area contributed by atoms with Gasteiger partial charge in [-0.25, -0.2) is 4.98 Å². The van der Waals surface area contributed by atoms with E-state index in [0.717, 1.165) is 30.8 Å². The van der Waals surface area contributed by atoms with E-state index < -0.39 is 0 Å². The Labute approximate surface area is 93.9 Å². The smallest absolute Gasteiger partial charge is 0.210 e. The molecule has 0 bridgehead atoms. The van der Waals surface area contributed by atoms with Crippen molar-refractivity contribution in [3.8, 4) is 0 Å². The van der Waals surface area contributed by atoms with Gasteiger partial charge in [-0.05, 0) is 25.2 Å². The van der Waals surface area contributed by atoms with Crippen molar-refractivity contribution >= 4 is 18.2 Å². The van der Waals surface area contributed by atoms with Gasteiger partial charge in [-0.3, -0.25) is 4.79 Å². The number of likely N-dealkylation sites (tertiary alicyclic amines) is 1. The van der Waals surface area contributed by atoms with Crippen LogP contribution in [0.2, 0.25) is 0 Å². The number of carbonyl (C=O) groups is 1. The molecule has 1 aliphatic rings. The van der Waals surface area contributed by atoms with Gasteiger partial charge in [-0.1, -0.05) is 6.07 Å². The van der Waals surface area contributed by atoms with Crippen LogP contribution in [-0.2, 0) is 4.79 Å². The topological polar surface area (TPSA) is 33.2 Å². The molecule has 0 aliphatic carbocycles. The van der Waals surface area contributed by atoms with Crippen LogP contribution in [0.4, 0.5) is 0 Å². The molecule has 1 saturated heterocycles. The Hall–Kier alpha value is -1.03. The molecule has 4 heteroatoms. The Bertz CT molecular complexity index is 356. The first-order valence-corrected chi connectivity index (χ1v) is 6.29. The van der Waals surface area contributed by atoms with E-state index in [-0.39, 0.29) is 6.04 Å². The van der Waals surface area contributed by atoms with Crippen molar-refractivity contribution in [2.24, 2.45) is 0 Å². The van der Waals surface area contributed by atoms with Crippen LogP contribution >= 0.6 is 11.8 Å². The van der Waals surface area contributed by atoms with E-state index in [9.17, 15) is 4.79 Å². The Morgan fingerprint density at radius 2 is 2.53 bits per heavy atom. The van der Waals surface area contributed by atoms with Gasteiger partial charge in [-0.15, -0.1) is 11.8 Å². The molecule has 0 N–H and O–H groups in total. The molecule has 15 heavy (non-hydrogen) atoms. The molecule has 1 aliphatic heterocycles. The third-order valence-electron chi connectivity index (χ3n) is 2.78. The zero-order chi connectivity index (χ0) is 10.7. The number of pyridine rings is 1. The van der Waals surface area contributed by atoms with Crippen molar-refractivity contribution in [1.29, 1.82) is 0 Å². The molecule has 0 unspecified atom stereocenters. The third kappa shape index (κ3) is 2.00. The van der Waals surface area contributed by atoms with Gasteiger partial charge >= 0.3 is 0 Å². The minimum absolute atomic E-state index is 0.235. The number of hydrogen-bond acceptors (Lipinski definition) is 3. The van der Waals surface area contributed by atoms with Crippen LogP contribution < -0.4 is 0 Å². The molecule has 1 aromatic heterocycles. The van der Waals surface area contributed by atoms with Gasteiger partial charge in [-0.2, -0.15) is 0 Å². The van der Waals surface area contributed by atoms with E-state index in [1.54, 1.807) is 18.0 Å². The number of thioether (sulfide) groups is 1. The second kappa shape index (κ2) is 4.66. The summed E-state index contributed by atoms with van der Waals surface area (Å²) in [6.07, 6.45) is 6.92. The maximum Gasteiger partial charge on any atom is 0.210 e. The SMILES string of the molecule is CSc1ncccc1[C@@H]1CCCN1C=O. The van der Waals surface area contributed by atoms with Crippen molar-refractivity contribution in [1.82, 2.24) is 9.88 Å². The summed E-state index contributed by atoms with van der Waals surface area (Å²) in [6, 6.07) is 4.25. The summed E-state index contributed by atoms with van der Waals surface area (Å²) in [7, 11) is 0. The maximum atomic E-state index is 10.9. The highest BCUT2D eigenvalue weighted by molar-refractivity contribution is 7.98. The Morgan fingerprint density at radius 3 is 3.27 bits per heavy atom. The predicted molar refractivity (Wildman–Crippen MR) is 60.8 cm³/mol. The van der Waals surface area contributed by atoms with Crippen molar-refractivity contribution < 1.29 is 4.79 Å². The van der Waals surface area contributed by atoms with Crippen LogP contribution in [0.5, 0.6) is 0 Å². The minimum atomic E-state index is 0.235. The first-order chi connectivity index (χ1) is 7.36. The van der Waals surface area contributed by atoms with Gasteiger partial charge in [0.2, 0.25) is 6.41 Å². The minimum Gasteiger partial charge on any atom is -0.338 e. The van der Waals surface area contributed by atoms with E-state index in [2.05, 4.69) is 11.1 Å². The van der Waals surface area contributed by atoms with E-state index in [4.69, 9.17) is 0 Å². The van der Waals surface area contributed by atoms with E-state index in [1.165, 1.54) is 5.56 Å². The molecule has 2 rings (SSSR count). The molecule has 0 saturated carbocycles. The molecular weight excluding hydrogens is 208 g/mol. The summed E-state index contributed by atoms with van der Waals surface area (Å²) in [5, 5.41) is 1.04. The normalized spacial score (nSPS) is 20.6. The summed E-state index contributed by atoms with van der Waals surface area (Å²) < 4.78 is 0. The van der Waals surface area contributed by atoms with Crippen LogP contribution in [0.3, 0.4) is 0 Å². The zero-order valence-corrected chi connectivity index (χ0v) is 9.54. The lowest BCUT2D eigenvalue weighted by Crippen LogP contribution is -2.21. The van der Waals surface area contributed by atoms with Crippen molar-refractivity contribution in [3.63, 3.8) is 0 Å². The third-order valence-corrected chi connectivity index (χ3v) is 3.51. The Kier molecular flexibility index (Phi) is 3.26. The molecular formula is C11H14N2OS. The quantitative estimate of drug-likeness (QED) is 0.580. The number of nitrogens with zero attached hydrogens (tertiary/aromatic N) is 2. The Balaban J connectivity index is 2.31. The van der Waals surface area contributed by atoms with Crippen LogP contribution in [0.25, 0.3) is 0 Å². The highest BCUT2D eigenvalue weighted by atomic mass is 32.2. The summed E-state index contributed by atoms with van der Waals surface area (Å²) in [5.41, 5.74) is 1.19. The molecule has 0 radical (unpaired) electrons. The summed E-state index contributed by atoms with van der Waals surface area (Å²) in [5.74, 6) is 0. The summed E-state index contributed by atoms with van der Waals surface area (Å²) in [6.45, 7) is 0.872. The number of aromatic nitrogens is 1. The predicted octanol–water partition coefficient (Wildman–Crippen LogP) is 2.10. The van der Waals surface area contributed by atoms with Gasteiger partial charge in [0, 0.05) is 18.3 Å². The summed E-state index contributed by atoms with van der Waals surface area (Å²) in [4.78, 5) is 17.1. The fourth-order valence-electron chi connectivity index (χ4n) is 2.08. The average Bonchev–Trinajstić information content (AvgIpc) is 2.76. The van der Waals surface area contributed by atoms with Crippen LogP contribution in [0.1, 0.15) is 24.4 Å². The van der Waals surface area contributed by atoms with Crippen molar-refractivity contribution in [2.45, 2.75) is 23.9 Å². The van der Waals surface area contributed by atoms with Gasteiger partial charge in [0.15, 0.2) is 0 Å². The molecule has 1 amide bonds. The monoisotopic (exact) mass is 222 g/mol. The Morgan fingerprint density at radius 1 is 1.67 bits per heavy atom. The fraction of sp³-hybridized carbons (Fsp3) is 0.455. The van der Waals surface area contributed by atoms with Gasteiger partial charge in [0.25, 0.3) is 0 Å². The van der Waals surface area contributed by atoms with Gasteiger partial charge < -0.3 is 4.90 Å². The van der Waals surface area contributed by atoms with Crippen LogP contribution in [-0.4, -0.2) is 29.1 Å². The maximum absolute atomic E-state index is 10.9. The fourth-order valence-corrected chi connectivity index (χ4v) is 2.68. The number of amides is 1. The van der Waals surface area contributed by atoms with Gasteiger partial charge in [0.1, 0.15) is 5.03 Å². The lowest BCUT2D eigenvalue weighted by molar-refractivity contribution is -0.118. The standard InChI is InChI=1S/C11H14N2OS/c1-15-11-9(4-2-6-12-11)10-5-3-7-13(10)8-14/h2,4,6,8,10H,3,5,7H2,1H3/t10-/m0/s1. The molecule has 0 spiro atoms. The lowest BCUT2D eigenvalue weighted by Gasteiger charge is -2.21. The first-order valence-electron chi connectivity index (χ1n) is 5.06. The van der Waals surface area contributed by atoms with E-state index in [1.807, 2.05) is 17.2 Å². The first kappa shape index (κ1) is 10.5. The molecule has 3 nitrogen and oxygen atoms in total. The van der Waals surface area contributed by atoms with Crippen LogP contribution in [0, 0.1) is 0 Å². The molecule has 1 aromatic rings. The number of hydrogen-bond donors (Lipinski definition) is 0. The molecule has 2 heterocycles. The van der Waals surface area contributed by atoms with Crippen LogP contribution in [0.15, 0.2) is 23.4 Å². The number of rotatable bonds is 3. The van der Waals surface area contributed by atoms with E-state index >= 15 is 0 Å². The molecule has 1 fully saturated rings. The summed E-state index contributed by atoms with van der Waals surface area (Å²) >= 11 is 1.64. The highest BCUT2D eigenvalue weighted by Crippen LogP contribution is 2.34.